The molecule has 0 atom stereocenters. The van der Waals surface area contributed by atoms with E-state index in [1.807, 2.05) is 5.32 Å². The Kier molecular flexibility index (Phi) is 7.42. The molecule has 1 aromatic carbocycles. The number of carbonyl (C=O) groups excluding carboxylic acids is 3. The van der Waals surface area contributed by atoms with Crippen molar-refractivity contribution in [2.24, 2.45) is 11.8 Å². The van der Waals surface area contributed by atoms with Crippen molar-refractivity contribution in [3.05, 3.63) is 28.1 Å². The number of nitrogens with one attached hydrogen (secondary N) is 2. The lowest BCUT2D eigenvalue weighted by Gasteiger charge is -2.28. The number of halogens is 1. The maximum atomic E-state index is 14.8. The van der Waals surface area contributed by atoms with Gasteiger partial charge >= 0.3 is 17.8 Å². The highest BCUT2D eigenvalue weighted by molar-refractivity contribution is 6.39. The van der Waals surface area contributed by atoms with Gasteiger partial charge in [0.15, 0.2) is 17.3 Å². The van der Waals surface area contributed by atoms with Crippen LogP contribution in [-0.2, 0) is 19.1 Å². The SMILES string of the molecule is CCOC(=O)C1CCC(Oc2ccc([N+](=O)[O-])c(NC(=O)C(=O)NN)c2F)CC1. The number of ether oxygens (including phenoxy) is 2. The van der Waals surface area contributed by atoms with Crippen molar-refractivity contribution in [2.45, 2.75) is 38.7 Å². The molecule has 2 rings (SSSR count). The molecule has 1 fully saturated rings. The number of carbonyl (C=O) groups is 3. The van der Waals surface area contributed by atoms with Crippen LogP contribution >= 0.6 is 0 Å². The van der Waals surface area contributed by atoms with Crippen molar-refractivity contribution in [3.8, 4) is 5.75 Å². The van der Waals surface area contributed by atoms with Crippen LogP contribution in [0.4, 0.5) is 15.8 Å². The Hall–Kier alpha value is -3.28. The number of nitro groups is 1. The third-order valence-corrected chi connectivity index (χ3v) is 4.44. The van der Waals surface area contributed by atoms with Crippen LogP contribution in [0.1, 0.15) is 32.6 Å². The molecule has 0 aromatic heterocycles. The molecule has 1 saturated carbocycles. The van der Waals surface area contributed by atoms with Gasteiger partial charge in [0.25, 0.3) is 5.69 Å². The van der Waals surface area contributed by atoms with Crippen LogP contribution in [0.15, 0.2) is 12.1 Å². The first kappa shape index (κ1) is 22.0. The molecule has 1 aliphatic carbocycles. The first-order valence-electron chi connectivity index (χ1n) is 8.90. The van der Waals surface area contributed by atoms with E-state index in [0.29, 0.717) is 32.3 Å². The van der Waals surface area contributed by atoms with Crippen LogP contribution in [0.3, 0.4) is 0 Å². The first-order valence-corrected chi connectivity index (χ1v) is 8.90. The summed E-state index contributed by atoms with van der Waals surface area (Å²) in [5.41, 5.74) is -0.0119. The molecule has 0 aliphatic heterocycles. The predicted molar refractivity (Wildman–Crippen MR) is 97.0 cm³/mol. The molecule has 1 aliphatic rings. The molecule has 2 amide bonds. The van der Waals surface area contributed by atoms with Crippen molar-refractivity contribution >= 4 is 29.2 Å². The van der Waals surface area contributed by atoms with Crippen LogP contribution in [0.2, 0.25) is 0 Å². The van der Waals surface area contributed by atoms with Gasteiger partial charge < -0.3 is 14.8 Å². The number of hydrogen-bond donors (Lipinski definition) is 3. The quantitative estimate of drug-likeness (QED) is 0.156. The van der Waals surface area contributed by atoms with Gasteiger partial charge in [-0.15, -0.1) is 0 Å². The monoisotopic (exact) mass is 412 g/mol. The maximum Gasteiger partial charge on any atom is 0.323 e. The predicted octanol–water partition coefficient (Wildman–Crippen LogP) is 1.16. The van der Waals surface area contributed by atoms with E-state index < -0.39 is 40.0 Å². The van der Waals surface area contributed by atoms with Gasteiger partial charge in [-0.3, -0.25) is 29.9 Å². The number of esters is 1. The van der Waals surface area contributed by atoms with Crippen molar-refractivity contribution in [1.29, 1.82) is 0 Å². The molecule has 0 saturated heterocycles. The summed E-state index contributed by atoms with van der Waals surface area (Å²) in [7, 11) is 0. The number of hydrazine groups is 1. The highest BCUT2D eigenvalue weighted by Gasteiger charge is 2.30. The number of hydrogen-bond acceptors (Lipinski definition) is 8. The van der Waals surface area contributed by atoms with Crippen LogP contribution in [0.5, 0.6) is 5.75 Å². The summed E-state index contributed by atoms with van der Waals surface area (Å²) in [6.07, 6.45) is 1.48. The summed E-state index contributed by atoms with van der Waals surface area (Å²) in [5.74, 6) is 0.104. The van der Waals surface area contributed by atoms with E-state index in [2.05, 4.69) is 0 Å². The molecule has 0 bridgehead atoms. The van der Waals surface area contributed by atoms with Crippen LogP contribution in [0.25, 0.3) is 0 Å². The van der Waals surface area contributed by atoms with Gasteiger partial charge in [0.2, 0.25) is 0 Å². The summed E-state index contributed by atoms with van der Waals surface area (Å²) in [6.45, 7) is 2.01. The second-order valence-electron chi connectivity index (χ2n) is 6.30. The molecule has 0 radical (unpaired) electrons. The normalized spacial score (nSPS) is 18.4. The number of amides is 2. The molecule has 0 heterocycles. The molecule has 11 nitrogen and oxygen atoms in total. The summed E-state index contributed by atoms with van der Waals surface area (Å²) < 4.78 is 25.4. The minimum absolute atomic E-state index is 0.249. The van der Waals surface area contributed by atoms with E-state index >= 15 is 0 Å². The van der Waals surface area contributed by atoms with Gasteiger partial charge in [-0.2, -0.15) is 0 Å². The Labute approximate surface area is 164 Å². The highest BCUT2D eigenvalue weighted by atomic mass is 19.1. The second-order valence-corrected chi connectivity index (χ2v) is 6.30. The Morgan fingerprint density at radius 3 is 2.45 bits per heavy atom. The van der Waals surface area contributed by atoms with E-state index in [1.165, 1.54) is 0 Å². The van der Waals surface area contributed by atoms with Crippen LogP contribution < -0.4 is 21.3 Å². The molecule has 158 valence electrons. The third kappa shape index (κ3) is 5.38. The molecular formula is C17H21FN4O7. The van der Waals surface area contributed by atoms with Gasteiger partial charge in [0.05, 0.1) is 23.6 Å². The molecular weight excluding hydrogens is 391 g/mol. The lowest BCUT2D eigenvalue weighted by atomic mass is 9.87. The van der Waals surface area contributed by atoms with Gasteiger partial charge in [-0.05, 0) is 38.7 Å². The molecule has 0 spiro atoms. The van der Waals surface area contributed by atoms with E-state index in [1.54, 1.807) is 12.3 Å². The summed E-state index contributed by atoms with van der Waals surface area (Å²) >= 11 is 0. The van der Waals surface area contributed by atoms with Crippen molar-refractivity contribution < 1.29 is 33.2 Å². The maximum absolute atomic E-state index is 14.8. The fourth-order valence-corrected chi connectivity index (χ4v) is 3.00. The van der Waals surface area contributed by atoms with Crippen molar-refractivity contribution in [3.63, 3.8) is 0 Å². The number of nitrogens with two attached hydrogens (primary N) is 1. The third-order valence-electron chi connectivity index (χ3n) is 4.44. The Morgan fingerprint density at radius 2 is 1.90 bits per heavy atom. The van der Waals surface area contributed by atoms with Crippen LogP contribution in [0, 0.1) is 21.8 Å². The van der Waals surface area contributed by atoms with Gasteiger partial charge in [0.1, 0.15) is 0 Å². The molecule has 1 aromatic rings. The number of anilines is 1. The Bertz CT molecular complexity index is 809. The number of nitro benzene ring substituents is 1. The number of benzene rings is 1. The Balaban J connectivity index is 2.15. The number of rotatable bonds is 6. The van der Waals surface area contributed by atoms with Gasteiger partial charge in [0, 0.05) is 6.07 Å². The summed E-state index contributed by atoms with van der Waals surface area (Å²) in [4.78, 5) is 44.9. The van der Waals surface area contributed by atoms with Crippen molar-refractivity contribution in [2.75, 3.05) is 11.9 Å². The summed E-state index contributed by atoms with van der Waals surface area (Å²) in [6, 6.07) is 2.03. The largest absolute Gasteiger partial charge is 0.487 e. The minimum Gasteiger partial charge on any atom is -0.487 e. The van der Waals surface area contributed by atoms with Gasteiger partial charge in [-0.1, -0.05) is 0 Å². The number of nitrogens with zero attached hydrogens (tertiary/aromatic N) is 1. The molecule has 0 unspecified atom stereocenters. The summed E-state index contributed by atoms with van der Waals surface area (Å²) in [5, 5.41) is 13.0. The average Bonchev–Trinajstić information content (AvgIpc) is 2.70. The molecule has 12 heteroatoms. The lowest BCUT2D eigenvalue weighted by molar-refractivity contribution is -0.384. The Morgan fingerprint density at radius 1 is 1.24 bits per heavy atom. The minimum atomic E-state index is -1.37. The van der Waals surface area contributed by atoms with Gasteiger partial charge in [-0.25, -0.2) is 10.2 Å². The highest BCUT2D eigenvalue weighted by Crippen LogP contribution is 2.36. The lowest BCUT2D eigenvalue weighted by Crippen LogP contribution is -2.39. The molecule has 29 heavy (non-hydrogen) atoms. The van der Waals surface area contributed by atoms with Crippen molar-refractivity contribution in [1.82, 2.24) is 5.43 Å². The zero-order valence-electron chi connectivity index (χ0n) is 15.6. The average molecular weight is 412 g/mol. The zero-order valence-corrected chi connectivity index (χ0v) is 15.6. The van der Waals surface area contributed by atoms with E-state index in [9.17, 15) is 28.9 Å². The second kappa shape index (κ2) is 9.78. The zero-order chi connectivity index (χ0) is 21.6. The van der Waals surface area contributed by atoms with E-state index in [4.69, 9.17) is 15.3 Å². The van der Waals surface area contributed by atoms with E-state index in [0.717, 1.165) is 12.1 Å². The smallest absolute Gasteiger partial charge is 0.323 e. The van der Waals surface area contributed by atoms with Crippen LogP contribution in [-0.4, -0.2) is 35.4 Å². The fourth-order valence-electron chi connectivity index (χ4n) is 3.00. The standard InChI is InChI=1S/C17H21FN4O7/c1-2-28-17(25)9-3-5-10(6-4-9)29-12-8-7-11(22(26)27)14(13(12)18)20-15(23)16(24)21-19/h7-10H,2-6,19H2,1H3,(H,20,23)(H,21,24). The van der Waals surface area contributed by atoms with E-state index in [-0.39, 0.29) is 17.6 Å². The topological polar surface area (TPSA) is 163 Å². The fraction of sp³-hybridized carbons (Fsp3) is 0.471. The first-order chi connectivity index (χ1) is 13.8. The molecule has 4 N–H and O–H groups in total.